The molecule has 0 aliphatic heterocycles. The number of hydrogen-bond acceptors (Lipinski definition) is 5. The summed E-state index contributed by atoms with van der Waals surface area (Å²) in [5, 5.41) is 15.4. The zero-order chi connectivity index (χ0) is 18.6. The maximum atomic E-state index is 11.3. The number of aryl methyl sites for hydroxylation is 1. The predicted octanol–water partition coefficient (Wildman–Crippen LogP) is 3.59. The van der Waals surface area contributed by atoms with Gasteiger partial charge < -0.3 is 4.74 Å². The van der Waals surface area contributed by atoms with E-state index in [0.717, 1.165) is 35.4 Å². The molecular weight excluding hydrogens is 322 g/mol. The van der Waals surface area contributed by atoms with E-state index in [1.165, 1.54) is 19.1 Å². The molecule has 0 aliphatic rings. The van der Waals surface area contributed by atoms with Crippen molar-refractivity contribution in [3.8, 4) is 0 Å². The van der Waals surface area contributed by atoms with Crippen LogP contribution in [0.25, 0.3) is 0 Å². The smallest absolute Gasteiger partial charge is 0.303 e. The van der Waals surface area contributed by atoms with E-state index in [1.54, 1.807) is 12.1 Å². The van der Waals surface area contributed by atoms with Gasteiger partial charge in [0.05, 0.1) is 17.2 Å². The van der Waals surface area contributed by atoms with Gasteiger partial charge in [0, 0.05) is 30.3 Å². The summed E-state index contributed by atoms with van der Waals surface area (Å²) in [5.74, 6) is -0.320. The van der Waals surface area contributed by atoms with Gasteiger partial charge in [-0.15, -0.1) is 0 Å². The Labute approximate surface area is 146 Å². The number of benzene rings is 1. The summed E-state index contributed by atoms with van der Waals surface area (Å²) in [6.07, 6.45) is 1.13. The molecule has 0 fully saturated rings. The van der Waals surface area contributed by atoms with E-state index >= 15 is 0 Å². The maximum absolute atomic E-state index is 11.3. The molecule has 0 N–H and O–H groups in total. The van der Waals surface area contributed by atoms with E-state index < -0.39 is 4.92 Å². The molecule has 0 bridgehead atoms. The highest BCUT2D eigenvalue weighted by molar-refractivity contribution is 5.66. The molecule has 2 aromatic rings. The number of nitro benzene ring substituents is 1. The van der Waals surface area contributed by atoms with Crippen molar-refractivity contribution in [1.29, 1.82) is 0 Å². The lowest BCUT2D eigenvalue weighted by molar-refractivity contribution is -0.384. The van der Waals surface area contributed by atoms with Crippen LogP contribution in [0.3, 0.4) is 0 Å². The summed E-state index contributed by atoms with van der Waals surface area (Å²) < 4.78 is 7.26. The normalized spacial score (nSPS) is 12.0. The number of hydrogen-bond donors (Lipinski definition) is 0. The Kier molecular flexibility index (Phi) is 5.90. The summed E-state index contributed by atoms with van der Waals surface area (Å²) in [6, 6.07) is 6.46. The quantitative estimate of drug-likeness (QED) is 0.435. The van der Waals surface area contributed by atoms with Crippen molar-refractivity contribution in [3.63, 3.8) is 0 Å². The standard InChI is InChI=1S/C18H23N3O4/c1-5-16-18(12(3)25-13(4)22)17(6-2)20(19-16)11-14-7-9-15(10-8-14)21(23)24/h7-10,12H,5-6,11H2,1-4H3. The molecule has 0 spiro atoms. The van der Waals surface area contributed by atoms with Gasteiger partial charge >= 0.3 is 5.97 Å². The number of rotatable bonds is 7. The SMILES string of the molecule is CCc1nn(Cc2ccc([N+](=O)[O-])cc2)c(CC)c1C(C)OC(C)=O. The van der Waals surface area contributed by atoms with Gasteiger partial charge in [-0.05, 0) is 25.3 Å². The van der Waals surface area contributed by atoms with Crippen LogP contribution in [0.4, 0.5) is 5.69 Å². The largest absolute Gasteiger partial charge is 0.458 e. The van der Waals surface area contributed by atoms with Crippen molar-refractivity contribution in [1.82, 2.24) is 9.78 Å². The first-order valence-corrected chi connectivity index (χ1v) is 8.36. The zero-order valence-corrected chi connectivity index (χ0v) is 15.0. The molecule has 7 nitrogen and oxygen atoms in total. The van der Waals surface area contributed by atoms with Gasteiger partial charge in [-0.2, -0.15) is 5.10 Å². The number of aromatic nitrogens is 2. The molecule has 1 unspecified atom stereocenters. The van der Waals surface area contributed by atoms with Crippen LogP contribution in [0.1, 0.15) is 56.3 Å². The summed E-state index contributed by atoms with van der Waals surface area (Å²) >= 11 is 0. The number of nitro groups is 1. The first kappa shape index (κ1) is 18.6. The Morgan fingerprint density at radius 3 is 2.40 bits per heavy atom. The molecule has 2 rings (SSSR count). The Hall–Kier alpha value is -2.70. The van der Waals surface area contributed by atoms with E-state index in [1.807, 2.05) is 25.5 Å². The average molecular weight is 345 g/mol. The third kappa shape index (κ3) is 4.23. The van der Waals surface area contributed by atoms with Crippen molar-refractivity contribution in [2.75, 3.05) is 0 Å². The summed E-state index contributed by atoms with van der Waals surface area (Å²) in [6.45, 7) is 7.82. The fourth-order valence-electron chi connectivity index (χ4n) is 3.00. The Bertz CT molecular complexity index is 765. The number of nitrogens with zero attached hydrogens (tertiary/aromatic N) is 3. The van der Waals surface area contributed by atoms with Crippen LogP contribution >= 0.6 is 0 Å². The topological polar surface area (TPSA) is 87.3 Å². The number of carbonyl (C=O) groups is 1. The third-order valence-corrected chi connectivity index (χ3v) is 4.07. The van der Waals surface area contributed by atoms with Crippen LogP contribution in [0, 0.1) is 10.1 Å². The monoisotopic (exact) mass is 345 g/mol. The number of non-ortho nitro benzene ring substituents is 1. The van der Waals surface area contributed by atoms with Gasteiger partial charge in [0.15, 0.2) is 0 Å². The average Bonchev–Trinajstić information content (AvgIpc) is 2.92. The van der Waals surface area contributed by atoms with Crippen LogP contribution in [0.5, 0.6) is 0 Å². The molecule has 25 heavy (non-hydrogen) atoms. The Morgan fingerprint density at radius 1 is 1.28 bits per heavy atom. The lowest BCUT2D eigenvalue weighted by atomic mass is 10.0. The zero-order valence-electron chi connectivity index (χ0n) is 15.0. The second-order valence-corrected chi connectivity index (χ2v) is 5.85. The van der Waals surface area contributed by atoms with Crippen LogP contribution in [-0.4, -0.2) is 20.7 Å². The molecule has 1 aromatic carbocycles. The first-order chi connectivity index (χ1) is 11.9. The molecule has 134 valence electrons. The molecule has 0 radical (unpaired) electrons. The van der Waals surface area contributed by atoms with Gasteiger partial charge in [0.25, 0.3) is 5.69 Å². The molecule has 0 amide bonds. The van der Waals surface area contributed by atoms with E-state index in [9.17, 15) is 14.9 Å². The van der Waals surface area contributed by atoms with Crippen molar-refractivity contribution in [2.24, 2.45) is 0 Å². The predicted molar refractivity (Wildman–Crippen MR) is 93.4 cm³/mol. The van der Waals surface area contributed by atoms with Crippen molar-refractivity contribution >= 4 is 11.7 Å². The number of carbonyl (C=O) groups excluding carboxylic acids is 1. The lowest BCUT2D eigenvalue weighted by Gasteiger charge is -2.14. The minimum absolute atomic E-state index is 0.0679. The number of esters is 1. The molecule has 0 saturated carbocycles. The summed E-state index contributed by atoms with van der Waals surface area (Å²) in [5.41, 5.74) is 3.88. The molecule has 0 saturated heterocycles. The first-order valence-electron chi connectivity index (χ1n) is 8.36. The molecule has 1 atom stereocenters. The van der Waals surface area contributed by atoms with Crippen LogP contribution in [0.15, 0.2) is 24.3 Å². The van der Waals surface area contributed by atoms with Gasteiger partial charge in [-0.25, -0.2) is 0 Å². The van der Waals surface area contributed by atoms with Gasteiger partial charge in [0.1, 0.15) is 6.10 Å². The Morgan fingerprint density at radius 2 is 1.92 bits per heavy atom. The fraction of sp³-hybridized carbons (Fsp3) is 0.444. The fourth-order valence-corrected chi connectivity index (χ4v) is 3.00. The third-order valence-electron chi connectivity index (χ3n) is 4.07. The van der Waals surface area contributed by atoms with Crippen molar-refractivity contribution in [2.45, 2.75) is 53.2 Å². The molecular formula is C18H23N3O4. The molecule has 7 heteroatoms. The van der Waals surface area contributed by atoms with E-state index in [2.05, 4.69) is 5.10 Å². The van der Waals surface area contributed by atoms with E-state index in [0.29, 0.717) is 6.54 Å². The van der Waals surface area contributed by atoms with E-state index in [4.69, 9.17) is 4.74 Å². The second kappa shape index (κ2) is 7.92. The van der Waals surface area contributed by atoms with Gasteiger partial charge in [-0.3, -0.25) is 19.6 Å². The van der Waals surface area contributed by atoms with Crippen molar-refractivity contribution < 1.29 is 14.5 Å². The maximum Gasteiger partial charge on any atom is 0.303 e. The van der Waals surface area contributed by atoms with Crippen molar-refractivity contribution in [3.05, 3.63) is 56.9 Å². The molecule has 1 aromatic heterocycles. The highest BCUT2D eigenvalue weighted by Crippen LogP contribution is 2.27. The summed E-state index contributed by atoms with van der Waals surface area (Å²) in [7, 11) is 0. The van der Waals surface area contributed by atoms with Crippen LogP contribution in [-0.2, 0) is 28.9 Å². The molecule has 0 aliphatic carbocycles. The second-order valence-electron chi connectivity index (χ2n) is 5.85. The highest BCUT2D eigenvalue weighted by Gasteiger charge is 2.22. The Balaban J connectivity index is 2.35. The highest BCUT2D eigenvalue weighted by atomic mass is 16.6. The number of ether oxygens (including phenoxy) is 1. The minimum atomic E-state index is -0.413. The lowest BCUT2D eigenvalue weighted by Crippen LogP contribution is -2.10. The van der Waals surface area contributed by atoms with Gasteiger partial charge in [0.2, 0.25) is 0 Å². The van der Waals surface area contributed by atoms with E-state index in [-0.39, 0.29) is 17.8 Å². The summed E-state index contributed by atoms with van der Waals surface area (Å²) in [4.78, 5) is 21.7. The minimum Gasteiger partial charge on any atom is -0.458 e. The van der Waals surface area contributed by atoms with Gasteiger partial charge in [-0.1, -0.05) is 26.0 Å². The molecule has 1 heterocycles. The van der Waals surface area contributed by atoms with Crippen LogP contribution in [0.2, 0.25) is 0 Å². The van der Waals surface area contributed by atoms with Crippen LogP contribution < -0.4 is 0 Å².